The van der Waals surface area contributed by atoms with Crippen molar-refractivity contribution in [2.75, 3.05) is 26.6 Å². The van der Waals surface area contributed by atoms with E-state index in [9.17, 15) is 14.4 Å². The van der Waals surface area contributed by atoms with Crippen LogP contribution >= 0.6 is 0 Å². The minimum absolute atomic E-state index is 0.0590. The van der Waals surface area contributed by atoms with Crippen LogP contribution < -0.4 is 24.8 Å². The fourth-order valence-corrected chi connectivity index (χ4v) is 3.52. The molecule has 0 bridgehead atoms. The molecule has 3 unspecified atom stereocenters. The molecule has 1 aliphatic rings. The van der Waals surface area contributed by atoms with Crippen LogP contribution in [0.2, 0.25) is 0 Å². The van der Waals surface area contributed by atoms with E-state index in [1.54, 1.807) is 13.2 Å². The Morgan fingerprint density at radius 1 is 1.00 bits per heavy atom. The van der Waals surface area contributed by atoms with Gasteiger partial charge in [-0.3, -0.25) is 9.59 Å². The second-order valence-electron chi connectivity index (χ2n) is 8.14. The van der Waals surface area contributed by atoms with Gasteiger partial charge in [0.2, 0.25) is 5.91 Å². The molecular formula is C25H30N2O7. The largest absolute Gasteiger partial charge is 0.496 e. The summed E-state index contributed by atoms with van der Waals surface area (Å²) < 4.78 is 21.3. The average molecular weight is 471 g/mol. The molecule has 0 aliphatic heterocycles. The third kappa shape index (κ3) is 5.78. The van der Waals surface area contributed by atoms with Gasteiger partial charge in [0.1, 0.15) is 5.75 Å². The molecule has 0 spiro atoms. The lowest BCUT2D eigenvalue weighted by Crippen LogP contribution is -2.35. The fourth-order valence-electron chi connectivity index (χ4n) is 3.52. The Hall–Kier alpha value is -3.75. The van der Waals surface area contributed by atoms with Gasteiger partial charge in [-0.1, -0.05) is 25.1 Å². The normalized spacial score (nSPS) is 17.2. The van der Waals surface area contributed by atoms with Crippen LogP contribution in [0.4, 0.5) is 5.69 Å². The zero-order chi connectivity index (χ0) is 24.8. The van der Waals surface area contributed by atoms with E-state index in [2.05, 4.69) is 10.6 Å². The molecule has 182 valence electrons. The number of carbonyl (C=O) groups excluding carboxylic acids is 3. The Bertz CT molecular complexity index is 1070. The number of hydrogen-bond acceptors (Lipinski definition) is 7. The quantitative estimate of drug-likeness (QED) is 0.513. The first-order valence-electron chi connectivity index (χ1n) is 11.0. The highest BCUT2D eigenvalue weighted by Crippen LogP contribution is 2.40. The number of anilines is 1. The van der Waals surface area contributed by atoms with Gasteiger partial charge >= 0.3 is 5.97 Å². The fraction of sp³-hybridized carbons (Fsp3) is 0.400. The van der Waals surface area contributed by atoms with Crippen LogP contribution in [0, 0.1) is 11.8 Å². The Morgan fingerprint density at radius 3 is 2.24 bits per heavy atom. The molecule has 2 aromatic carbocycles. The summed E-state index contributed by atoms with van der Waals surface area (Å²) in [5, 5.41) is 5.52. The number of rotatable bonds is 10. The topological polar surface area (TPSA) is 112 Å². The zero-order valence-electron chi connectivity index (χ0n) is 20.0. The molecule has 9 nitrogen and oxygen atoms in total. The summed E-state index contributed by atoms with van der Waals surface area (Å²) >= 11 is 0. The second-order valence-corrected chi connectivity index (χ2v) is 8.14. The van der Waals surface area contributed by atoms with Crippen molar-refractivity contribution in [1.82, 2.24) is 5.32 Å². The van der Waals surface area contributed by atoms with E-state index in [4.69, 9.17) is 18.9 Å². The summed E-state index contributed by atoms with van der Waals surface area (Å²) in [6.07, 6.45) is -0.287. The highest BCUT2D eigenvalue weighted by atomic mass is 16.5. The van der Waals surface area contributed by atoms with Crippen LogP contribution in [-0.2, 0) is 20.9 Å². The molecular weight excluding hydrogens is 440 g/mol. The zero-order valence-corrected chi connectivity index (χ0v) is 20.0. The van der Waals surface area contributed by atoms with E-state index in [-0.39, 0.29) is 29.6 Å². The lowest BCUT2D eigenvalue weighted by Gasteiger charge is -2.18. The van der Waals surface area contributed by atoms with E-state index in [1.807, 2.05) is 25.1 Å². The molecule has 1 fully saturated rings. The molecule has 2 N–H and O–H groups in total. The molecule has 2 aromatic rings. The average Bonchev–Trinajstić information content (AvgIpc) is 3.58. The van der Waals surface area contributed by atoms with Gasteiger partial charge in [-0.2, -0.15) is 0 Å². The van der Waals surface area contributed by atoms with Crippen LogP contribution in [0.3, 0.4) is 0 Å². The number of methoxy groups -OCH3 is 3. The third-order valence-corrected chi connectivity index (χ3v) is 5.75. The third-order valence-electron chi connectivity index (χ3n) is 5.75. The predicted octanol–water partition coefficient (Wildman–Crippen LogP) is 3.17. The minimum atomic E-state index is -1.08. The van der Waals surface area contributed by atoms with Crippen molar-refractivity contribution in [3.05, 3.63) is 47.5 Å². The number of carbonyl (C=O) groups is 3. The molecule has 0 radical (unpaired) electrons. The van der Waals surface area contributed by atoms with Crippen LogP contribution in [0.25, 0.3) is 0 Å². The van der Waals surface area contributed by atoms with E-state index < -0.39 is 18.0 Å². The molecule has 34 heavy (non-hydrogen) atoms. The van der Waals surface area contributed by atoms with E-state index in [0.29, 0.717) is 23.2 Å². The van der Waals surface area contributed by atoms with Crippen LogP contribution in [0.1, 0.15) is 36.2 Å². The van der Waals surface area contributed by atoms with Crippen molar-refractivity contribution in [3.8, 4) is 17.2 Å². The van der Waals surface area contributed by atoms with Gasteiger partial charge < -0.3 is 29.6 Å². The number of nitrogens with one attached hydrogen (secondary N) is 2. The summed E-state index contributed by atoms with van der Waals surface area (Å²) in [7, 11) is 4.44. The molecule has 1 aliphatic carbocycles. The van der Waals surface area contributed by atoms with E-state index >= 15 is 0 Å². The summed E-state index contributed by atoms with van der Waals surface area (Å²) in [5.74, 6) is 0.0390. The maximum absolute atomic E-state index is 13.0. The molecule has 3 rings (SSSR count). The molecule has 0 aromatic heterocycles. The SMILES string of the molecule is COc1ccccc1CNC(=O)C(C)OC(=O)c1cc(OC)c(OC)cc1NC(=O)C1CC1C. The number of amides is 2. The Morgan fingerprint density at radius 2 is 1.62 bits per heavy atom. The lowest BCUT2D eigenvalue weighted by molar-refractivity contribution is -0.129. The molecule has 0 heterocycles. The van der Waals surface area contributed by atoms with Crippen molar-refractivity contribution in [2.24, 2.45) is 11.8 Å². The van der Waals surface area contributed by atoms with Crippen molar-refractivity contribution in [2.45, 2.75) is 32.9 Å². The number of ether oxygens (including phenoxy) is 4. The Balaban J connectivity index is 1.72. The molecule has 0 saturated heterocycles. The van der Waals surface area contributed by atoms with Crippen LogP contribution in [0.5, 0.6) is 17.2 Å². The van der Waals surface area contributed by atoms with Crippen molar-refractivity contribution >= 4 is 23.5 Å². The first-order chi connectivity index (χ1) is 16.3. The molecule has 1 saturated carbocycles. The summed E-state index contributed by atoms with van der Waals surface area (Å²) in [6.45, 7) is 3.67. The van der Waals surface area contributed by atoms with Gasteiger partial charge in [-0.25, -0.2) is 4.79 Å². The second kappa shape index (κ2) is 10.9. The van der Waals surface area contributed by atoms with E-state index in [1.165, 1.54) is 33.3 Å². The summed E-state index contributed by atoms with van der Waals surface area (Å²) in [5.41, 5.74) is 1.08. The number of hydrogen-bond donors (Lipinski definition) is 2. The Kier molecular flexibility index (Phi) is 7.99. The van der Waals surface area contributed by atoms with E-state index in [0.717, 1.165) is 12.0 Å². The molecule has 2 amide bonds. The maximum Gasteiger partial charge on any atom is 0.341 e. The van der Waals surface area contributed by atoms with Crippen molar-refractivity contribution in [3.63, 3.8) is 0 Å². The van der Waals surface area contributed by atoms with Crippen molar-refractivity contribution < 1.29 is 33.3 Å². The number of esters is 1. The highest BCUT2D eigenvalue weighted by molar-refractivity contribution is 6.04. The van der Waals surface area contributed by atoms with Crippen LogP contribution in [-0.4, -0.2) is 45.2 Å². The number of para-hydroxylation sites is 1. The predicted molar refractivity (Wildman–Crippen MR) is 125 cm³/mol. The Labute approximate surface area is 198 Å². The van der Waals surface area contributed by atoms with Gasteiger partial charge in [-0.15, -0.1) is 0 Å². The van der Waals surface area contributed by atoms with Gasteiger partial charge in [0.15, 0.2) is 17.6 Å². The summed E-state index contributed by atoms with van der Waals surface area (Å²) in [4.78, 5) is 38.1. The smallest absolute Gasteiger partial charge is 0.341 e. The first-order valence-corrected chi connectivity index (χ1v) is 11.0. The van der Waals surface area contributed by atoms with Crippen LogP contribution in [0.15, 0.2) is 36.4 Å². The molecule has 3 atom stereocenters. The van der Waals surface area contributed by atoms with Gasteiger partial charge in [0.05, 0.1) is 32.6 Å². The minimum Gasteiger partial charge on any atom is -0.496 e. The van der Waals surface area contributed by atoms with Gasteiger partial charge in [0, 0.05) is 30.2 Å². The number of benzene rings is 2. The standard InChI is InChI=1S/C25H30N2O7/c1-14-10-17(14)24(29)27-19-12-22(33-5)21(32-4)11-18(19)25(30)34-15(2)23(28)26-13-16-8-6-7-9-20(16)31-3/h6-9,11-12,14-15,17H,10,13H2,1-5H3,(H,26,28)(H,27,29). The summed E-state index contributed by atoms with van der Waals surface area (Å²) in [6, 6.07) is 10.2. The monoisotopic (exact) mass is 470 g/mol. The highest BCUT2D eigenvalue weighted by Gasteiger charge is 2.39. The first kappa shape index (κ1) is 24.9. The maximum atomic E-state index is 13.0. The molecule has 9 heteroatoms. The lowest BCUT2D eigenvalue weighted by atomic mass is 10.1. The van der Waals surface area contributed by atoms with Crippen molar-refractivity contribution in [1.29, 1.82) is 0 Å². The van der Waals surface area contributed by atoms with Gasteiger partial charge in [0.25, 0.3) is 5.91 Å². The van der Waals surface area contributed by atoms with Gasteiger partial charge in [-0.05, 0) is 25.3 Å².